The standard InChI is InChI=1S/C23H23F3N4OS/c1-4-15(20-16(25)8-14(24)9-17(20)26)13-7-18(27-10-13)21(31)28-11-19-29-30-22(32-19)23(3)6-5-12(23)2/h4,7-10,12,27H,5-6,11H2,1-3H3,(H,28,31). The van der Waals surface area contributed by atoms with E-state index in [0.717, 1.165) is 11.4 Å². The highest BCUT2D eigenvalue weighted by molar-refractivity contribution is 7.11. The SMILES string of the molecule is CC=C(c1c[nH]c(C(=O)NCc2nnc(C3(C)CCC3C)s2)c1)c1c(F)cc(F)cc1F. The molecule has 9 heteroatoms. The van der Waals surface area contributed by atoms with Crippen LogP contribution in [0.15, 0.2) is 30.5 Å². The molecule has 0 saturated heterocycles. The molecule has 1 aromatic carbocycles. The number of hydrogen-bond acceptors (Lipinski definition) is 4. The van der Waals surface area contributed by atoms with E-state index < -0.39 is 17.5 Å². The Morgan fingerprint density at radius 3 is 2.59 bits per heavy atom. The van der Waals surface area contributed by atoms with Crippen molar-refractivity contribution < 1.29 is 18.0 Å². The number of nitrogens with one attached hydrogen (secondary N) is 2. The Bertz CT molecular complexity index is 1180. The van der Waals surface area contributed by atoms with Crippen LogP contribution < -0.4 is 5.32 Å². The number of hydrogen-bond donors (Lipinski definition) is 2. The lowest BCUT2D eigenvalue weighted by Crippen LogP contribution is -2.39. The van der Waals surface area contributed by atoms with Crippen LogP contribution in [-0.2, 0) is 12.0 Å². The zero-order chi connectivity index (χ0) is 23.0. The van der Waals surface area contributed by atoms with Crippen molar-refractivity contribution in [1.82, 2.24) is 20.5 Å². The Labute approximate surface area is 187 Å². The summed E-state index contributed by atoms with van der Waals surface area (Å²) in [7, 11) is 0. The van der Waals surface area contributed by atoms with E-state index in [2.05, 4.69) is 34.3 Å². The minimum Gasteiger partial charge on any atom is -0.357 e. The molecular weight excluding hydrogens is 437 g/mol. The number of aromatic nitrogens is 3. The van der Waals surface area contributed by atoms with Gasteiger partial charge in [0.25, 0.3) is 5.91 Å². The summed E-state index contributed by atoms with van der Waals surface area (Å²) in [6.45, 7) is 6.24. The number of benzene rings is 1. The van der Waals surface area contributed by atoms with Crippen LogP contribution in [0.4, 0.5) is 13.2 Å². The fourth-order valence-corrected chi connectivity index (χ4v) is 4.99. The van der Waals surface area contributed by atoms with Crippen LogP contribution in [0.5, 0.6) is 0 Å². The van der Waals surface area contributed by atoms with Crippen molar-refractivity contribution in [2.24, 2.45) is 5.92 Å². The fourth-order valence-electron chi connectivity index (χ4n) is 3.93. The zero-order valence-electron chi connectivity index (χ0n) is 17.9. The number of nitrogens with zero attached hydrogens (tertiary/aromatic N) is 2. The summed E-state index contributed by atoms with van der Waals surface area (Å²) in [4.78, 5) is 15.4. The van der Waals surface area contributed by atoms with Gasteiger partial charge in [-0.25, -0.2) is 13.2 Å². The van der Waals surface area contributed by atoms with E-state index in [4.69, 9.17) is 0 Å². The molecule has 2 atom stereocenters. The molecule has 3 aromatic rings. The topological polar surface area (TPSA) is 70.7 Å². The Morgan fingerprint density at radius 1 is 1.28 bits per heavy atom. The molecule has 32 heavy (non-hydrogen) atoms. The molecule has 1 amide bonds. The number of rotatable bonds is 6. The van der Waals surface area contributed by atoms with Crippen molar-refractivity contribution in [3.63, 3.8) is 0 Å². The number of halogens is 3. The van der Waals surface area contributed by atoms with Gasteiger partial charge in [0.05, 0.1) is 12.1 Å². The second-order valence-electron chi connectivity index (χ2n) is 8.29. The first-order chi connectivity index (χ1) is 15.2. The van der Waals surface area contributed by atoms with Crippen LogP contribution in [0.25, 0.3) is 5.57 Å². The predicted molar refractivity (Wildman–Crippen MR) is 117 cm³/mol. The highest BCUT2D eigenvalue weighted by Gasteiger charge is 2.43. The molecule has 2 heterocycles. The Kier molecular flexibility index (Phi) is 5.94. The number of carbonyl (C=O) groups excluding carboxylic acids is 1. The first-order valence-electron chi connectivity index (χ1n) is 10.3. The van der Waals surface area contributed by atoms with Gasteiger partial charge in [0.15, 0.2) is 0 Å². The number of aromatic amines is 1. The van der Waals surface area contributed by atoms with E-state index >= 15 is 0 Å². The first-order valence-corrected chi connectivity index (χ1v) is 11.2. The average Bonchev–Trinajstić information content (AvgIpc) is 3.43. The summed E-state index contributed by atoms with van der Waals surface area (Å²) in [6, 6.07) is 2.75. The molecule has 0 radical (unpaired) electrons. The van der Waals surface area contributed by atoms with Gasteiger partial charge >= 0.3 is 0 Å². The van der Waals surface area contributed by atoms with Crippen molar-refractivity contribution in [1.29, 1.82) is 0 Å². The van der Waals surface area contributed by atoms with Crippen molar-refractivity contribution >= 4 is 22.8 Å². The van der Waals surface area contributed by atoms with E-state index in [1.165, 1.54) is 36.1 Å². The minimum atomic E-state index is -1.01. The summed E-state index contributed by atoms with van der Waals surface area (Å²) in [5.74, 6) is -2.83. The Morgan fingerprint density at radius 2 is 2.00 bits per heavy atom. The minimum absolute atomic E-state index is 0.0576. The molecule has 0 aliphatic heterocycles. The largest absolute Gasteiger partial charge is 0.357 e. The van der Waals surface area contributed by atoms with Crippen LogP contribution in [0.2, 0.25) is 0 Å². The average molecular weight is 461 g/mol. The van der Waals surface area contributed by atoms with Crippen LogP contribution in [-0.4, -0.2) is 21.1 Å². The molecule has 1 saturated carbocycles. The van der Waals surface area contributed by atoms with Gasteiger partial charge in [-0.1, -0.05) is 31.3 Å². The number of allylic oxidation sites excluding steroid dienone is 1. The van der Waals surface area contributed by atoms with Gasteiger partial charge < -0.3 is 10.3 Å². The number of carbonyl (C=O) groups is 1. The van der Waals surface area contributed by atoms with Crippen molar-refractivity contribution in [2.45, 2.75) is 45.6 Å². The molecule has 1 fully saturated rings. The Balaban J connectivity index is 1.46. The summed E-state index contributed by atoms with van der Waals surface area (Å²) in [5.41, 5.74) is 0.563. The molecule has 5 nitrogen and oxygen atoms in total. The lowest BCUT2D eigenvalue weighted by atomic mass is 9.62. The van der Waals surface area contributed by atoms with Gasteiger partial charge in [-0.3, -0.25) is 4.79 Å². The molecule has 0 spiro atoms. The van der Waals surface area contributed by atoms with E-state index in [-0.39, 0.29) is 34.7 Å². The lowest BCUT2D eigenvalue weighted by molar-refractivity contribution is 0.0946. The second-order valence-corrected chi connectivity index (χ2v) is 9.35. The monoisotopic (exact) mass is 460 g/mol. The van der Waals surface area contributed by atoms with Crippen LogP contribution >= 0.6 is 11.3 Å². The van der Waals surface area contributed by atoms with Gasteiger partial charge in [0.2, 0.25) is 0 Å². The summed E-state index contributed by atoms with van der Waals surface area (Å²) < 4.78 is 41.7. The number of amides is 1. The highest BCUT2D eigenvalue weighted by atomic mass is 32.1. The molecule has 1 aliphatic rings. The van der Waals surface area contributed by atoms with Gasteiger partial charge in [0.1, 0.15) is 33.2 Å². The molecule has 168 valence electrons. The van der Waals surface area contributed by atoms with Gasteiger partial charge in [-0.15, -0.1) is 10.2 Å². The van der Waals surface area contributed by atoms with Crippen LogP contribution in [0, 0.1) is 23.4 Å². The van der Waals surface area contributed by atoms with E-state index in [0.29, 0.717) is 28.6 Å². The van der Waals surface area contributed by atoms with E-state index in [9.17, 15) is 18.0 Å². The normalized spacial score (nSPS) is 20.8. The fraction of sp³-hybridized carbons (Fsp3) is 0.348. The maximum absolute atomic E-state index is 14.2. The highest BCUT2D eigenvalue weighted by Crippen LogP contribution is 2.48. The third-order valence-corrected chi connectivity index (χ3v) is 7.55. The van der Waals surface area contributed by atoms with Crippen LogP contribution in [0.1, 0.15) is 65.2 Å². The number of H-pyrrole nitrogens is 1. The molecule has 2 N–H and O–H groups in total. The molecule has 2 unspecified atom stereocenters. The smallest absolute Gasteiger partial charge is 0.268 e. The molecular formula is C23H23F3N4OS. The first kappa shape index (κ1) is 22.3. The molecule has 4 rings (SSSR count). The second kappa shape index (κ2) is 8.54. The summed E-state index contributed by atoms with van der Waals surface area (Å²) >= 11 is 1.50. The van der Waals surface area contributed by atoms with Crippen molar-refractivity contribution in [3.05, 3.63) is 74.8 Å². The molecule has 0 bridgehead atoms. The van der Waals surface area contributed by atoms with Gasteiger partial charge in [-0.2, -0.15) is 0 Å². The van der Waals surface area contributed by atoms with E-state index in [1.54, 1.807) is 6.92 Å². The maximum Gasteiger partial charge on any atom is 0.268 e. The van der Waals surface area contributed by atoms with E-state index in [1.807, 2.05) is 0 Å². The Hall–Kier alpha value is -2.94. The summed E-state index contributed by atoms with van der Waals surface area (Å²) in [6.07, 6.45) is 5.25. The maximum atomic E-state index is 14.2. The van der Waals surface area contributed by atoms with Crippen molar-refractivity contribution in [2.75, 3.05) is 0 Å². The quantitative estimate of drug-likeness (QED) is 0.521. The third kappa shape index (κ3) is 3.97. The predicted octanol–water partition coefficient (Wildman–Crippen LogP) is 5.35. The summed E-state index contributed by atoms with van der Waals surface area (Å²) in [5, 5.41) is 13.0. The van der Waals surface area contributed by atoms with Crippen molar-refractivity contribution in [3.8, 4) is 0 Å². The third-order valence-electron chi connectivity index (χ3n) is 6.34. The zero-order valence-corrected chi connectivity index (χ0v) is 18.7. The molecule has 1 aliphatic carbocycles. The van der Waals surface area contributed by atoms with Crippen LogP contribution in [0.3, 0.4) is 0 Å². The lowest BCUT2D eigenvalue weighted by Gasteiger charge is -2.43. The van der Waals surface area contributed by atoms with Gasteiger partial charge in [0, 0.05) is 29.3 Å². The van der Waals surface area contributed by atoms with Gasteiger partial charge in [-0.05, 0) is 37.3 Å². The molecule has 2 aromatic heterocycles.